The summed E-state index contributed by atoms with van der Waals surface area (Å²) in [5.74, 6) is 1.43. The lowest BCUT2D eigenvalue weighted by molar-refractivity contribution is 0.267. The van der Waals surface area contributed by atoms with Gasteiger partial charge in [-0.1, -0.05) is 17.7 Å². The van der Waals surface area contributed by atoms with Crippen molar-refractivity contribution in [3.63, 3.8) is 0 Å². The molecule has 0 spiro atoms. The molecule has 8 nitrogen and oxygen atoms in total. The monoisotopic (exact) mass is 444 g/mol. The number of ether oxygens (including phenoxy) is 1. The van der Waals surface area contributed by atoms with Gasteiger partial charge in [-0.05, 0) is 57.0 Å². The van der Waals surface area contributed by atoms with Crippen molar-refractivity contribution in [3.05, 3.63) is 35.4 Å². The summed E-state index contributed by atoms with van der Waals surface area (Å²) in [6.07, 6.45) is 3.55. The standard InChI is InChI=1S/C22H32N6O2S/c1-16-6-7-18(17(2)14-16)24-22(31)26-19-15-20(28-10-4-3-5-11-28)27-21(25-19)30-13-9-23-8-12-29/h6-7,14-15,23,29H,3-5,8-13H2,1-2H3,(H2,24,25,26,27,31). The van der Waals surface area contributed by atoms with E-state index in [1.807, 2.05) is 25.1 Å². The Morgan fingerprint density at radius 1 is 1.10 bits per heavy atom. The lowest BCUT2D eigenvalue weighted by atomic mass is 10.1. The predicted octanol–water partition coefficient (Wildman–Crippen LogP) is 2.85. The molecule has 1 aromatic heterocycles. The van der Waals surface area contributed by atoms with Crippen LogP contribution < -0.4 is 25.6 Å². The van der Waals surface area contributed by atoms with Crippen LogP contribution in [0.2, 0.25) is 0 Å². The molecule has 9 heteroatoms. The number of thiocarbonyl (C=S) groups is 1. The van der Waals surface area contributed by atoms with Crippen LogP contribution in [0.3, 0.4) is 0 Å². The lowest BCUT2D eigenvalue weighted by Crippen LogP contribution is -2.31. The molecule has 0 unspecified atom stereocenters. The fourth-order valence-electron chi connectivity index (χ4n) is 3.47. The Kier molecular flexibility index (Phi) is 8.81. The molecule has 0 bridgehead atoms. The summed E-state index contributed by atoms with van der Waals surface area (Å²) in [6, 6.07) is 8.41. The van der Waals surface area contributed by atoms with E-state index in [0.717, 1.165) is 43.0 Å². The van der Waals surface area contributed by atoms with Gasteiger partial charge in [-0.15, -0.1) is 0 Å². The molecule has 0 radical (unpaired) electrons. The Bertz CT molecular complexity index is 873. The largest absolute Gasteiger partial charge is 0.462 e. The highest BCUT2D eigenvalue weighted by molar-refractivity contribution is 7.80. The van der Waals surface area contributed by atoms with E-state index in [-0.39, 0.29) is 6.61 Å². The van der Waals surface area contributed by atoms with Gasteiger partial charge in [-0.2, -0.15) is 9.97 Å². The van der Waals surface area contributed by atoms with Gasteiger partial charge in [0.1, 0.15) is 18.2 Å². The first-order chi connectivity index (χ1) is 15.0. The first kappa shape index (κ1) is 23.2. The minimum Gasteiger partial charge on any atom is -0.462 e. The Labute approximate surface area is 189 Å². The van der Waals surface area contributed by atoms with Crippen LogP contribution in [0.25, 0.3) is 0 Å². The van der Waals surface area contributed by atoms with E-state index in [1.54, 1.807) is 0 Å². The zero-order valence-electron chi connectivity index (χ0n) is 18.3. The van der Waals surface area contributed by atoms with Crippen LogP contribution in [0.15, 0.2) is 24.3 Å². The molecule has 1 fully saturated rings. The minimum absolute atomic E-state index is 0.0971. The number of nitrogens with zero attached hydrogens (tertiary/aromatic N) is 3. The zero-order valence-corrected chi connectivity index (χ0v) is 19.1. The number of nitrogens with one attached hydrogen (secondary N) is 3. The second-order valence-corrected chi connectivity index (χ2v) is 8.07. The van der Waals surface area contributed by atoms with Crippen LogP contribution in [-0.4, -0.2) is 59.6 Å². The maximum atomic E-state index is 8.86. The third kappa shape index (κ3) is 7.30. The number of benzene rings is 1. The van der Waals surface area contributed by atoms with E-state index < -0.39 is 0 Å². The van der Waals surface area contributed by atoms with E-state index in [0.29, 0.717) is 36.6 Å². The number of hydrogen-bond donors (Lipinski definition) is 4. The van der Waals surface area contributed by atoms with Gasteiger partial charge in [0.25, 0.3) is 0 Å². The molecular formula is C22H32N6O2S. The van der Waals surface area contributed by atoms with Crippen LogP contribution in [0.1, 0.15) is 30.4 Å². The van der Waals surface area contributed by atoms with Crippen molar-refractivity contribution >= 4 is 34.7 Å². The lowest BCUT2D eigenvalue weighted by Gasteiger charge is -2.28. The minimum atomic E-state index is 0.0971. The van der Waals surface area contributed by atoms with Crippen molar-refractivity contribution in [3.8, 4) is 6.01 Å². The number of aliphatic hydroxyl groups excluding tert-OH is 1. The molecule has 2 aromatic rings. The average molecular weight is 445 g/mol. The van der Waals surface area contributed by atoms with E-state index in [1.165, 1.54) is 12.0 Å². The Hall–Kier alpha value is -2.49. The zero-order chi connectivity index (χ0) is 22.1. The summed E-state index contributed by atoms with van der Waals surface area (Å²) in [7, 11) is 0. The van der Waals surface area contributed by atoms with Gasteiger partial charge in [-0.25, -0.2) is 0 Å². The number of aliphatic hydroxyl groups is 1. The third-order valence-corrected chi connectivity index (χ3v) is 5.25. The maximum Gasteiger partial charge on any atom is 0.320 e. The van der Waals surface area contributed by atoms with Gasteiger partial charge in [0, 0.05) is 37.9 Å². The van der Waals surface area contributed by atoms with E-state index in [4.69, 9.17) is 22.1 Å². The molecule has 31 heavy (non-hydrogen) atoms. The quantitative estimate of drug-likeness (QED) is 0.344. The van der Waals surface area contributed by atoms with Crippen molar-refractivity contribution in [2.75, 3.05) is 54.9 Å². The van der Waals surface area contributed by atoms with E-state index in [9.17, 15) is 0 Å². The van der Waals surface area contributed by atoms with Gasteiger partial charge in [0.2, 0.25) is 0 Å². The molecule has 3 rings (SSSR count). The van der Waals surface area contributed by atoms with Crippen LogP contribution >= 0.6 is 12.2 Å². The molecule has 0 saturated carbocycles. The highest BCUT2D eigenvalue weighted by Crippen LogP contribution is 2.23. The molecule has 1 aliphatic heterocycles. The molecule has 0 amide bonds. The van der Waals surface area contributed by atoms with Crippen LogP contribution in [0.5, 0.6) is 6.01 Å². The van der Waals surface area contributed by atoms with Crippen molar-refractivity contribution < 1.29 is 9.84 Å². The molecule has 1 aliphatic rings. The number of rotatable bonds is 9. The summed E-state index contributed by atoms with van der Waals surface area (Å²) in [5, 5.41) is 18.8. The van der Waals surface area contributed by atoms with Gasteiger partial charge in [0.05, 0.1) is 6.61 Å². The third-order valence-electron chi connectivity index (χ3n) is 5.04. The molecular weight excluding hydrogens is 412 g/mol. The summed E-state index contributed by atoms with van der Waals surface area (Å²) in [6.45, 7) is 7.70. The summed E-state index contributed by atoms with van der Waals surface area (Å²) < 4.78 is 5.76. The SMILES string of the molecule is Cc1ccc(NC(=S)Nc2cc(N3CCCCC3)nc(OCCNCCO)n2)c(C)c1. The van der Waals surface area contributed by atoms with Crippen molar-refractivity contribution in [1.82, 2.24) is 15.3 Å². The van der Waals surface area contributed by atoms with Gasteiger partial charge >= 0.3 is 6.01 Å². The van der Waals surface area contributed by atoms with Crippen molar-refractivity contribution in [2.24, 2.45) is 0 Å². The van der Waals surface area contributed by atoms with Crippen molar-refractivity contribution in [1.29, 1.82) is 0 Å². The van der Waals surface area contributed by atoms with Gasteiger partial charge < -0.3 is 30.7 Å². The smallest absolute Gasteiger partial charge is 0.320 e. The maximum absolute atomic E-state index is 8.86. The second kappa shape index (κ2) is 11.8. The van der Waals surface area contributed by atoms with Gasteiger partial charge in [0.15, 0.2) is 5.11 Å². The number of aromatic nitrogens is 2. The predicted molar refractivity (Wildman–Crippen MR) is 129 cm³/mol. The fraction of sp³-hybridized carbons (Fsp3) is 0.500. The highest BCUT2D eigenvalue weighted by Gasteiger charge is 2.16. The Balaban J connectivity index is 1.70. The molecule has 4 N–H and O–H groups in total. The number of piperidine rings is 1. The summed E-state index contributed by atoms with van der Waals surface area (Å²) >= 11 is 5.52. The van der Waals surface area contributed by atoms with Crippen molar-refractivity contribution in [2.45, 2.75) is 33.1 Å². The summed E-state index contributed by atoms with van der Waals surface area (Å²) in [5.41, 5.74) is 3.29. The molecule has 1 aromatic carbocycles. The molecule has 0 aliphatic carbocycles. The highest BCUT2D eigenvalue weighted by atomic mass is 32.1. The van der Waals surface area contributed by atoms with Crippen LogP contribution in [-0.2, 0) is 0 Å². The Morgan fingerprint density at radius 3 is 2.65 bits per heavy atom. The average Bonchev–Trinajstić information content (AvgIpc) is 2.76. The number of hydrogen-bond acceptors (Lipinski definition) is 7. The van der Waals surface area contributed by atoms with Crippen LogP contribution in [0.4, 0.5) is 17.3 Å². The van der Waals surface area contributed by atoms with E-state index >= 15 is 0 Å². The normalized spacial score (nSPS) is 13.7. The fourth-order valence-corrected chi connectivity index (χ4v) is 3.68. The molecule has 2 heterocycles. The van der Waals surface area contributed by atoms with E-state index in [2.05, 4.69) is 43.8 Å². The number of anilines is 3. The Morgan fingerprint density at radius 2 is 1.90 bits per heavy atom. The number of aryl methyl sites for hydroxylation is 2. The summed E-state index contributed by atoms with van der Waals surface area (Å²) in [4.78, 5) is 11.3. The van der Waals surface area contributed by atoms with Gasteiger partial charge in [-0.3, -0.25) is 0 Å². The first-order valence-electron chi connectivity index (χ1n) is 10.8. The molecule has 168 valence electrons. The topological polar surface area (TPSA) is 94.6 Å². The first-order valence-corrected chi connectivity index (χ1v) is 11.2. The van der Waals surface area contributed by atoms with Crippen LogP contribution in [0, 0.1) is 13.8 Å². The molecule has 0 atom stereocenters. The molecule has 1 saturated heterocycles. The second-order valence-electron chi connectivity index (χ2n) is 7.66.